The number of carboxylic acid groups (broad SMARTS) is 2. The molecule has 0 atom stereocenters. The maximum absolute atomic E-state index is 10.7. The van der Waals surface area contributed by atoms with Crippen molar-refractivity contribution in [1.82, 2.24) is 0 Å². The van der Waals surface area contributed by atoms with Gasteiger partial charge in [-0.25, -0.2) is 9.59 Å². The SMILES string of the molecule is O=C(O)c1ccc(N=Nc2ccc(C(=O)O)c(O)c2)cc1O. The molecule has 8 heteroatoms. The van der Waals surface area contributed by atoms with Crippen molar-refractivity contribution >= 4 is 23.3 Å². The van der Waals surface area contributed by atoms with Gasteiger partial charge in [-0.3, -0.25) is 0 Å². The van der Waals surface area contributed by atoms with Crippen LogP contribution in [0.2, 0.25) is 0 Å². The van der Waals surface area contributed by atoms with Gasteiger partial charge in [-0.15, -0.1) is 0 Å². The van der Waals surface area contributed by atoms with Crippen molar-refractivity contribution < 1.29 is 30.0 Å². The number of aromatic carboxylic acids is 2. The second-order valence-electron chi connectivity index (χ2n) is 4.21. The molecule has 0 amide bonds. The first-order chi connectivity index (χ1) is 10.4. The van der Waals surface area contributed by atoms with Crippen LogP contribution in [-0.4, -0.2) is 32.4 Å². The fourth-order valence-electron chi connectivity index (χ4n) is 1.64. The third-order valence-corrected chi connectivity index (χ3v) is 2.70. The lowest BCUT2D eigenvalue weighted by Crippen LogP contribution is -1.95. The van der Waals surface area contributed by atoms with E-state index in [-0.39, 0.29) is 22.5 Å². The zero-order chi connectivity index (χ0) is 16.3. The number of carboxylic acids is 2. The highest BCUT2D eigenvalue weighted by Crippen LogP contribution is 2.28. The summed E-state index contributed by atoms with van der Waals surface area (Å²) in [7, 11) is 0. The van der Waals surface area contributed by atoms with Crippen LogP contribution in [0.4, 0.5) is 11.4 Å². The minimum absolute atomic E-state index is 0.198. The molecule has 0 spiro atoms. The Morgan fingerprint density at radius 1 is 0.727 bits per heavy atom. The summed E-state index contributed by atoms with van der Waals surface area (Å²) in [6.45, 7) is 0. The largest absolute Gasteiger partial charge is 0.507 e. The summed E-state index contributed by atoms with van der Waals surface area (Å²) in [5.74, 6) is -3.44. The molecule has 0 unspecified atom stereocenters. The minimum atomic E-state index is -1.27. The second-order valence-corrected chi connectivity index (χ2v) is 4.21. The number of nitrogens with zero attached hydrogens (tertiary/aromatic N) is 2. The van der Waals surface area contributed by atoms with Crippen LogP contribution >= 0.6 is 0 Å². The van der Waals surface area contributed by atoms with Crippen LogP contribution in [-0.2, 0) is 0 Å². The molecule has 0 aliphatic carbocycles. The molecule has 4 N–H and O–H groups in total. The Balaban J connectivity index is 2.25. The fraction of sp³-hybridized carbons (Fsp3) is 0. The zero-order valence-electron chi connectivity index (χ0n) is 11.0. The molecule has 112 valence electrons. The smallest absolute Gasteiger partial charge is 0.339 e. The summed E-state index contributed by atoms with van der Waals surface area (Å²) in [6.07, 6.45) is 0. The molecule has 0 bridgehead atoms. The number of benzene rings is 2. The molecule has 0 saturated heterocycles. The number of rotatable bonds is 4. The van der Waals surface area contributed by atoms with Crippen LogP contribution in [0.3, 0.4) is 0 Å². The normalized spacial score (nSPS) is 10.7. The monoisotopic (exact) mass is 302 g/mol. The van der Waals surface area contributed by atoms with E-state index in [2.05, 4.69) is 10.2 Å². The Morgan fingerprint density at radius 3 is 1.36 bits per heavy atom. The number of aromatic hydroxyl groups is 2. The minimum Gasteiger partial charge on any atom is -0.507 e. The van der Waals surface area contributed by atoms with Crippen LogP contribution < -0.4 is 0 Å². The van der Waals surface area contributed by atoms with Crippen LogP contribution in [0.1, 0.15) is 20.7 Å². The predicted octanol–water partition coefficient (Wildman–Crippen LogP) is 2.91. The van der Waals surface area contributed by atoms with Gasteiger partial charge >= 0.3 is 11.9 Å². The van der Waals surface area contributed by atoms with Crippen molar-refractivity contribution in [2.45, 2.75) is 0 Å². The molecule has 2 rings (SSSR count). The van der Waals surface area contributed by atoms with Gasteiger partial charge in [0.2, 0.25) is 0 Å². The van der Waals surface area contributed by atoms with Gasteiger partial charge < -0.3 is 20.4 Å². The van der Waals surface area contributed by atoms with Crippen LogP contribution in [0, 0.1) is 0 Å². The highest BCUT2D eigenvalue weighted by molar-refractivity contribution is 5.91. The number of azo groups is 1. The fourth-order valence-corrected chi connectivity index (χ4v) is 1.64. The summed E-state index contributed by atoms with van der Waals surface area (Å²) in [5.41, 5.74) is -0.126. The first-order valence-electron chi connectivity index (χ1n) is 5.93. The highest BCUT2D eigenvalue weighted by atomic mass is 16.4. The molecule has 0 heterocycles. The maximum Gasteiger partial charge on any atom is 0.339 e. The van der Waals surface area contributed by atoms with Crippen LogP contribution in [0.25, 0.3) is 0 Å². The Bertz CT molecular complexity index is 719. The van der Waals surface area contributed by atoms with Gasteiger partial charge in [-0.1, -0.05) is 0 Å². The van der Waals surface area contributed by atoms with Gasteiger partial charge in [0.25, 0.3) is 0 Å². The molecule has 2 aromatic carbocycles. The Hall–Kier alpha value is -3.42. The standard InChI is InChI=1S/C14H10N2O6/c17-11-5-7(1-3-9(11)13(19)20)15-16-8-2-4-10(14(21)22)12(18)6-8/h1-6,17-18H,(H,19,20)(H,21,22). The van der Waals surface area contributed by atoms with Crippen molar-refractivity contribution in [2.24, 2.45) is 10.2 Å². The van der Waals surface area contributed by atoms with Gasteiger partial charge in [0, 0.05) is 12.1 Å². The van der Waals surface area contributed by atoms with E-state index in [9.17, 15) is 19.8 Å². The van der Waals surface area contributed by atoms with Crippen molar-refractivity contribution in [2.75, 3.05) is 0 Å². The summed E-state index contributed by atoms with van der Waals surface area (Å²) >= 11 is 0. The van der Waals surface area contributed by atoms with E-state index in [1.165, 1.54) is 24.3 Å². The lowest BCUT2D eigenvalue weighted by Gasteiger charge is -2.01. The number of hydrogen-bond acceptors (Lipinski definition) is 6. The molecule has 0 radical (unpaired) electrons. The van der Waals surface area contributed by atoms with E-state index < -0.39 is 23.4 Å². The quantitative estimate of drug-likeness (QED) is 0.640. The van der Waals surface area contributed by atoms with E-state index >= 15 is 0 Å². The molecular weight excluding hydrogens is 292 g/mol. The predicted molar refractivity (Wildman–Crippen MR) is 74.3 cm³/mol. The van der Waals surface area contributed by atoms with Crippen molar-refractivity contribution in [3.05, 3.63) is 47.5 Å². The Morgan fingerprint density at radius 2 is 1.09 bits per heavy atom. The average Bonchev–Trinajstić information content (AvgIpc) is 2.44. The van der Waals surface area contributed by atoms with Gasteiger partial charge in [0.15, 0.2) is 0 Å². The van der Waals surface area contributed by atoms with Crippen LogP contribution in [0.15, 0.2) is 46.6 Å². The third-order valence-electron chi connectivity index (χ3n) is 2.70. The lowest BCUT2D eigenvalue weighted by molar-refractivity contribution is 0.0682. The molecule has 0 aromatic heterocycles. The Labute approximate surface area is 123 Å². The number of carbonyl (C=O) groups is 2. The van der Waals surface area contributed by atoms with E-state index in [1.54, 1.807) is 0 Å². The molecule has 22 heavy (non-hydrogen) atoms. The summed E-state index contributed by atoms with van der Waals surface area (Å²) < 4.78 is 0. The van der Waals surface area contributed by atoms with E-state index in [0.717, 1.165) is 12.1 Å². The molecule has 0 aliphatic heterocycles. The van der Waals surface area contributed by atoms with Gasteiger partial charge in [-0.05, 0) is 24.3 Å². The van der Waals surface area contributed by atoms with Crippen molar-refractivity contribution in [3.63, 3.8) is 0 Å². The topological polar surface area (TPSA) is 140 Å². The lowest BCUT2D eigenvalue weighted by atomic mass is 10.2. The molecule has 0 aliphatic rings. The summed E-state index contributed by atoms with van der Waals surface area (Å²) in [5, 5.41) is 44.1. The molecule has 0 fully saturated rings. The third kappa shape index (κ3) is 3.18. The van der Waals surface area contributed by atoms with E-state index in [1.807, 2.05) is 0 Å². The average molecular weight is 302 g/mol. The first-order valence-corrected chi connectivity index (χ1v) is 5.93. The van der Waals surface area contributed by atoms with Crippen LogP contribution in [0.5, 0.6) is 11.5 Å². The number of hydrogen-bond donors (Lipinski definition) is 4. The molecule has 8 nitrogen and oxygen atoms in total. The van der Waals surface area contributed by atoms with Crippen molar-refractivity contribution in [1.29, 1.82) is 0 Å². The zero-order valence-corrected chi connectivity index (χ0v) is 11.0. The maximum atomic E-state index is 10.7. The van der Waals surface area contributed by atoms with E-state index in [0.29, 0.717) is 0 Å². The van der Waals surface area contributed by atoms with Gasteiger partial charge in [0.1, 0.15) is 22.6 Å². The second kappa shape index (κ2) is 5.92. The van der Waals surface area contributed by atoms with Gasteiger partial charge in [0.05, 0.1) is 11.4 Å². The molecule has 0 saturated carbocycles. The molecular formula is C14H10N2O6. The Kier molecular flexibility index (Phi) is 4.03. The summed E-state index contributed by atoms with van der Waals surface area (Å²) in [4.78, 5) is 21.5. The van der Waals surface area contributed by atoms with E-state index in [4.69, 9.17) is 10.2 Å². The highest BCUT2D eigenvalue weighted by Gasteiger charge is 2.10. The first kappa shape index (κ1) is 15.0. The van der Waals surface area contributed by atoms with Crippen molar-refractivity contribution in [3.8, 4) is 11.5 Å². The molecule has 2 aromatic rings. The van der Waals surface area contributed by atoms with Gasteiger partial charge in [-0.2, -0.15) is 10.2 Å². The number of phenols is 2. The summed E-state index contributed by atoms with van der Waals surface area (Å²) in [6, 6.07) is 7.29.